The van der Waals surface area contributed by atoms with Crippen molar-refractivity contribution in [1.29, 1.82) is 0 Å². The van der Waals surface area contributed by atoms with Gasteiger partial charge in [-0.25, -0.2) is 4.79 Å². The van der Waals surface area contributed by atoms with Crippen molar-refractivity contribution in [2.45, 2.75) is 51.3 Å². The number of amides is 2. The second-order valence-corrected chi connectivity index (χ2v) is 5.78. The van der Waals surface area contributed by atoms with E-state index < -0.39 is 17.7 Å². The molecule has 3 N–H and O–H groups in total. The summed E-state index contributed by atoms with van der Waals surface area (Å²) in [7, 11) is 0. The molecule has 1 rings (SSSR count). The summed E-state index contributed by atoms with van der Waals surface area (Å²) >= 11 is 0. The summed E-state index contributed by atoms with van der Waals surface area (Å²) in [5, 5.41) is 14.3. The third kappa shape index (κ3) is 6.21. The van der Waals surface area contributed by atoms with Gasteiger partial charge in [0.1, 0.15) is 11.6 Å². The van der Waals surface area contributed by atoms with Gasteiger partial charge in [0.25, 0.3) is 0 Å². The van der Waals surface area contributed by atoms with Gasteiger partial charge in [-0.1, -0.05) is 0 Å². The van der Waals surface area contributed by atoms with Crippen LogP contribution in [0, 0.1) is 0 Å². The van der Waals surface area contributed by atoms with Gasteiger partial charge in [-0.15, -0.1) is 0 Å². The van der Waals surface area contributed by atoms with Gasteiger partial charge in [0.2, 0.25) is 5.91 Å². The third-order valence-electron chi connectivity index (χ3n) is 2.70. The topological polar surface area (TPSA) is 96.9 Å². The molecule has 7 nitrogen and oxygen atoms in total. The van der Waals surface area contributed by atoms with E-state index in [4.69, 9.17) is 14.6 Å². The Balaban J connectivity index is 2.49. The Morgan fingerprint density at radius 1 is 1.45 bits per heavy atom. The van der Waals surface area contributed by atoms with Crippen LogP contribution in [0.3, 0.4) is 0 Å². The molecule has 0 saturated carbocycles. The van der Waals surface area contributed by atoms with E-state index in [1.165, 1.54) is 0 Å². The molecular formula is C13H24N2O5. The van der Waals surface area contributed by atoms with Crippen LogP contribution in [0.4, 0.5) is 4.79 Å². The first-order chi connectivity index (χ1) is 9.31. The second-order valence-electron chi connectivity index (χ2n) is 5.78. The predicted octanol–water partition coefficient (Wildman–Crippen LogP) is 0.167. The fraction of sp³-hybridized carbons (Fsp3) is 0.846. The van der Waals surface area contributed by atoms with E-state index in [1.54, 1.807) is 20.8 Å². The van der Waals surface area contributed by atoms with Gasteiger partial charge in [0, 0.05) is 13.2 Å². The summed E-state index contributed by atoms with van der Waals surface area (Å²) in [6.07, 6.45) is 0.219. The van der Waals surface area contributed by atoms with Crippen LogP contribution in [-0.4, -0.2) is 54.6 Å². The van der Waals surface area contributed by atoms with Gasteiger partial charge in [-0.2, -0.15) is 0 Å². The molecule has 0 spiro atoms. The Kier molecular flexibility index (Phi) is 6.22. The molecule has 0 aromatic carbocycles. The van der Waals surface area contributed by atoms with Crippen LogP contribution in [0.5, 0.6) is 0 Å². The molecule has 0 aromatic heterocycles. The standard InChI is InChI=1S/C13H24N2O5/c1-13(2,3)20-12(18)15-10(4-6-16)11(17)14-9-5-7-19-8-9/h9-10,16H,4-8H2,1-3H3,(H,14,17)(H,15,18)/t9-,10-/m0/s1. The van der Waals surface area contributed by atoms with E-state index in [0.29, 0.717) is 13.2 Å². The van der Waals surface area contributed by atoms with E-state index in [2.05, 4.69) is 10.6 Å². The summed E-state index contributed by atoms with van der Waals surface area (Å²) in [5.74, 6) is -0.333. The normalized spacial score (nSPS) is 20.3. The Bertz CT molecular complexity index is 334. The Morgan fingerprint density at radius 3 is 2.65 bits per heavy atom. The summed E-state index contributed by atoms with van der Waals surface area (Å²) in [4.78, 5) is 23.7. The van der Waals surface area contributed by atoms with Gasteiger partial charge in [0.15, 0.2) is 0 Å². The molecule has 7 heteroatoms. The molecule has 1 aliphatic rings. The zero-order valence-electron chi connectivity index (χ0n) is 12.3. The van der Waals surface area contributed by atoms with Crippen molar-refractivity contribution < 1.29 is 24.2 Å². The molecule has 0 bridgehead atoms. The van der Waals surface area contributed by atoms with Crippen molar-refractivity contribution in [1.82, 2.24) is 10.6 Å². The van der Waals surface area contributed by atoms with Crippen molar-refractivity contribution in [3.8, 4) is 0 Å². The maximum Gasteiger partial charge on any atom is 0.408 e. The number of alkyl carbamates (subject to hydrolysis) is 1. The quantitative estimate of drug-likeness (QED) is 0.670. The molecule has 0 aromatic rings. The smallest absolute Gasteiger partial charge is 0.408 e. The number of hydrogen-bond donors (Lipinski definition) is 3. The van der Waals surface area contributed by atoms with E-state index >= 15 is 0 Å². The number of carbonyl (C=O) groups excluding carboxylic acids is 2. The second kappa shape index (κ2) is 7.44. The van der Waals surface area contributed by atoms with Crippen molar-refractivity contribution >= 4 is 12.0 Å². The predicted molar refractivity (Wildman–Crippen MR) is 72.2 cm³/mol. The van der Waals surface area contributed by atoms with Crippen molar-refractivity contribution in [2.75, 3.05) is 19.8 Å². The lowest BCUT2D eigenvalue weighted by atomic mass is 10.1. The molecule has 2 atom stereocenters. The lowest BCUT2D eigenvalue weighted by molar-refractivity contribution is -0.124. The zero-order valence-corrected chi connectivity index (χ0v) is 12.3. The van der Waals surface area contributed by atoms with Crippen molar-refractivity contribution in [2.24, 2.45) is 0 Å². The average molecular weight is 288 g/mol. The van der Waals surface area contributed by atoms with E-state index in [1.807, 2.05) is 0 Å². The van der Waals surface area contributed by atoms with E-state index in [-0.39, 0.29) is 25.0 Å². The van der Waals surface area contributed by atoms with Gasteiger partial charge in [-0.05, 0) is 33.6 Å². The Hall–Kier alpha value is -1.34. The number of rotatable bonds is 5. The van der Waals surface area contributed by atoms with Crippen LogP contribution in [-0.2, 0) is 14.3 Å². The Morgan fingerprint density at radius 2 is 2.15 bits per heavy atom. The molecule has 2 amide bonds. The number of aliphatic hydroxyl groups is 1. The van der Waals surface area contributed by atoms with Crippen LogP contribution in [0.15, 0.2) is 0 Å². The maximum atomic E-state index is 12.0. The number of ether oxygens (including phenoxy) is 2. The van der Waals surface area contributed by atoms with Gasteiger partial charge in [0.05, 0.1) is 12.6 Å². The minimum Gasteiger partial charge on any atom is -0.444 e. The van der Waals surface area contributed by atoms with Gasteiger partial charge >= 0.3 is 6.09 Å². The summed E-state index contributed by atoms with van der Waals surface area (Å²) in [6, 6.07) is -0.848. The molecule has 0 aliphatic carbocycles. The van der Waals surface area contributed by atoms with E-state index in [0.717, 1.165) is 6.42 Å². The summed E-state index contributed by atoms with van der Waals surface area (Å²) in [5.41, 5.74) is -0.635. The maximum absolute atomic E-state index is 12.0. The van der Waals surface area contributed by atoms with Gasteiger partial charge < -0.3 is 25.2 Å². The minimum atomic E-state index is -0.810. The Labute approximate surface area is 119 Å². The molecule has 1 aliphatic heterocycles. The molecule has 0 unspecified atom stereocenters. The van der Waals surface area contributed by atoms with Crippen LogP contribution in [0.2, 0.25) is 0 Å². The fourth-order valence-electron chi connectivity index (χ4n) is 1.80. The molecule has 20 heavy (non-hydrogen) atoms. The third-order valence-corrected chi connectivity index (χ3v) is 2.70. The first kappa shape index (κ1) is 16.7. The monoisotopic (exact) mass is 288 g/mol. The largest absolute Gasteiger partial charge is 0.444 e. The molecular weight excluding hydrogens is 264 g/mol. The number of carbonyl (C=O) groups is 2. The lowest BCUT2D eigenvalue weighted by Crippen LogP contribution is -2.51. The first-order valence-corrected chi connectivity index (χ1v) is 6.80. The highest BCUT2D eigenvalue weighted by atomic mass is 16.6. The minimum absolute atomic E-state index is 0.0378. The van der Waals surface area contributed by atoms with E-state index in [9.17, 15) is 9.59 Å². The lowest BCUT2D eigenvalue weighted by Gasteiger charge is -2.23. The highest BCUT2D eigenvalue weighted by molar-refractivity contribution is 5.85. The van der Waals surface area contributed by atoms with Crippen LogP contribution in [0.1, 0.15) is 33.6 Å². The SMILES string of the molecule is CC(C)(C)OC(=O)N[C@@H](CCO)C(=O)N[C@H]1CCOC1. The summed E-state index contributed by atoms with van der Waals surface area (Å²) in [6.45, 7) is 6.12. The first-order valence-electron chi connectivity index (χ1n) is 6.80. The van der Waals surface area contributed by atoms with Crippen LogP contribution in [0.25, 0.3) is 0 Å². The molecule has 0 radical (unpaired) electrons. The van der Waals surface area contributed by atoms with Crippen molar-refractivity contribution in [3.63, 3.8) is 0 Å². The number of nitrogens with one attached hydrogen (secondary N) is 2. The number of hydrogen-bond acceptors (Lipinski definition) is 5. The fourth-order valence-corrected chi connectivity index (χ4v) is 1.80. The summed E-state index contributed by atoms with van der Waals surface area (Å²) < 4.78 is 10.3. The molecule has 116 valence electrons. The van der Waals surface area contributed by atoms with Crippen LogP contribution >= 0.6 is 0 Å². The molecule has 1 heterocycles. The van der Waals surface area contributed by atoms with Crippen molar-refractivity contribution in [3.05, 3.63) is 0 Å². The van der Waals surface area contributed by atoms with Gasteiger partial charge in [-0.3, -0.25) is 4.79 Å². The highest BCUT2D eigenvalue weighted by Crippen LogP contribution is 2.08. The number of aliphatic hydroxyl groups excluding tert-OH is 1. The molecule has 1 fully saturated rings. The highest BCUT2D eigenvalue weighted by Gasteiger charge is 2.26. The van der Waals surface area contributed by atoms with Crippen LogP contribution < -0.4 is 10.6 Å². The zero-order chi connectivity index (χ0) is 15.2. The molecule has 1 saturated heterocycles. The average Bonchev–Trinajstić information content (AvgIpc) is 2.78.